The molecule has 0 aromatic carbocycles. The molecular formula is C18H33N4O4+. The Morgan fingerprint density at radius 2 is 1.85 bits per heavy atom. The van der Waals surface area contributed by atoms with Crippen molar-refractivity contribution in [2.24, 2.45) is 0 Å². The summed E-state index contributed by atoms with van der Waals surface area (Å²) in [7, 11) is 4.18. The lowest BCUT2D eigenvalue weighted by Crippen LogP contribution is -2.58. The van der Waals surface area contributed by atoms with Crippen molar-refractivity contribution in [1.29, 1.82) is 0 Å². The van der Waals surface area contributed by atoms with Crippen LogP contribution >= 0.6 is 0 Å². The first-order valence-corrected chi connectivity index (χ1v) is 9.81. The van der Waals surface area contributed by atoms with Crippen LogP contribution < -0.4 is 0 Å². The number of nitrogens with zero attached hydrogens (tertiary/aromatic N) is 4. The maximum absolute atomic E-state index is 12.6. The average molecular weight is 369 g/mol. The van der Waals surface area contributed by atoms with Gasteiger partial charge in [0.15, 0.2) is 0 Å². The highest BCUT2D eigenvalue weighted by Gasteiger charge is 2.53. The third-order valence-electron chi connectivity index (χ3n) is 6.36. The number of rotatable bonds is 6. The third-order valence-corrected chi connectivity index (χ3v) is 6.36. The molecule has 2 atom stereocenters. The van der Waals surface area contributed by atoms with Crippen molar-refractivity contribution in [2.75, 3.05) is 66.5 Å². The van der Waals surface area contributed by atoms with Crippen molar-refractivity contribution >= 4 is 12.1 Å². The van der Waals surface area contributed by atoms with E-state index >= 15 is 0 Å². The number of ether oxygens (including phenoxy) is 1. The molecule has 8 nitrogen and oxygen atoms in total. The maximum atomic E-state index is 12.6. The third kappa shape index (κ3) is 4.36. The van der Waals surface area contributed by atoms with Gasteiger partial charge in [-0.3, -0.25) is 9.69 Å². The van der Waals surface area contributed by atoms with Gasteiger partial charge < -0.3 is 19.6 Å². The molecule has 3 heterocycles. The molecule has 3 saturated heterocycles. The fourth-order valence-corrected chi connectivity index (χ4v) is 4.45. The summed E-state index contributed by atoms with van der Waals surface area (Å²) in [5.74, 6) is -0.729. The summed E-state index contributed by atoms with van der Waals surface area (Å²) < 4.78 is 6.21. The van der Waals surface area contributed by atoms with Crippen LogP contribution in [0.4, 0.5) is 4.79 Å². The lowest BCUT2D eigenvalue weighted by Gasteiger charge is -2.39. The van der Waals surface area contributed by atoms with Crippen molar-refractivity contribution in [2.45, 2.75) is 38.0 Å². The van der Waals surface area contributed by atoms with Gasteiger partial charge in [-0.15, -0.1) is 0 Å². The first-order valence-electron chi connectivity index (χ1n) is 9.81. The number of likely N-dealkylation sites (N-methyl/N-ethyl adjacent to an activating group) is 1. The van der Waals surface area contributed by atoms with Crippen LogP contribution in [0.5, 0.6) is 0 Å². The SMILES string of the molecule is CN1CCC([N+]2(C)CC(N3CCN(CCCC(=O)O)CC3)OC2=O)CC1. The first kappa shape index (κ1) is 19.5. The average Bonchev–Trinajstić information content (AvgIpc) is 2.92. The zero-order valence-electron chi connectivity index (χ0n) is 16.1. The molecule has 26 heavy (non-hydrogen) atoms. The van der Waals surface area contributed by atoms with Crippen LogP contribution in [0.1, 0.15) is 25.7 Å². The van der Waals surface area contributed by atoms with E-state index in [0.717, 1.165) is 65.2 Å². The Bertz CT molecular complexity index is 515. The highest BCUT2D eigenvalue weighted by molar-refractivity contribution is 5.66. The van der Waals surface area contributed by atoms with E-state index in [9.17, 15) is 9.59 Å². The van der Waals surface area contributed by atoms with Gasteiger partial charge in [-0.2, -0.15) is 4.79 Å². The highest BCUT2D eigenvalue weighted by atomic mass is 16.6. The molecule has 8 heteroatoms. The summed E-state index contributed by atoms with van der Waals surface area (Å²) in [5.41, 5.74) is 0. The van der Waals surface area contributed by atoms with E-state index in [1.165, 1.54) is 0 Å². The van der Waals surface area contributed by atoms with Gasteiger partial charge in [-0.1, -0.05) is 0 Å². The van der Waals surface area contributed by atoms with E-state index in [4.69, 9.17) is 9.84 Å². The monoisotopic (exact) mass is 369 g/mol. The standard InChI is InChI=1S/C18H32N4O4/c1-19-8-5-15(6-9-19)22(2)14-16(26-18(22)25)21-12-10-20(11-13-21)7-3-4-17(23)24/h15-16H,3-14H2,1-2H3/p+1. The minimum absolute atomic E-state index is 0.0755. The van der Waals surface area contributed by atoms with Gasteiger partial charge in [0.2, 0.25) is 6.23 Å². The van der Waals surface area contributed by atoms with E-state index < -0.39 is 5.97 Å². The van der Waals surface area contributed by atoms with Crippen molar-refractivity contribution in [3.8, 4) is 0 Å². The lowest BCUT2D eigenvalue weighted by atomic mass is 10.0. The molecule has 3 fully saturated rings. The Kier molecular flexibility index (Phi) is 6.17. The van der Waals surface area contributed by atoms with E-state index in [1.54, 1.807) is 0 Å². The number of carbonyl (C=O) groups excluding carboxylic acids is 1. The summed E-state index contributed by atoms with van der Waals surface area (Å²) in [6, 6.07) is 0.362. The number of carboxylic acid groups (broad SMARTS) is 1. The second-order valence-corrected chi connectivity index (χ2v) is 8.20. The molecule has 148 valence electrons. The second-order valence-electron chi connectivity index (χ2n) is 8.20. The fraction of sp³-hybridized carbons (Fsp3) is 0.889. The van der Waals surface area contributed by atoms with Gasteiger partial charge in [0.1, 0.15) is 12.6 Å². The minimum atomic E-state index is -0.729. The van der Waals surface area contributed by atoms with E-state index in [1.807, 2.05) is 7.05 Å². The highest BCUT2D eigenvalue weighted by Crippen LogP contribution is 2.30. The van der Waals surface area contributed by atoms with Crippen LogP contribution in [0, 0.1) is 0 Å². The van der Waals surface area contributed by atoms with Crippen LogP contribution in [-0.2, 0) is 9.53 Å². The van der Waals surface area contributed by atoms with E-state index in [-0.39, 0.29) is 18.7 Å². The number of amides is 1. The Morgan fingerprint density at radius 1 is 1.19 bits per heavy atom. The number of aliphatic carboxylic acids is 1. The van der Waals surface area contributed by atoms with Gasteiger partial charge in [0.05, 0.1) is 7.05 Å². The van der Waals surface area contributed by atoms with Gasteiger partial charge in [-0.05, 0) is 20.0 Å². The second kappa shape index (κ2) is 8.21. The molecule has 2 unspecified atom stereocenters. The predicted octanol–water partition coefficient (Wildman–Crippen LogP) is 0.486. The largest absolute Gasteiger partial charge is 0.517 e. The summed E-state index contributed by atoms with van der Waals surface area (Å²) in [6.45, 7) is 7.23. The number of carbonyl (C=O) groups is 2. The summed E-state index contributed by atoms with van der Waals surface area (Å²) >= 11 is 0. The quantitative estimate of drug-likeness (QED) is 0.683. The molecule has 1 amide bonds. The number of piperazine rings is 1. The van der Waals surface area contributed by atoms with E-state index in [0.29, 0.717) is 16.9 Å². The van der Waals surface area contributed by atoms with Gasteiger partial charge in [0, 0.05) is 58.5 Å². The fourth-order valence-electron chi connectivity index (χ4n) is 4.45. The number of cyclic esters (lactones) is 1. The number of hydrogen-bond acceptors (Lipinski definition) is 6. The maximum Gasteiger partial charge on any atom is 0.517 e. The topological polar surface area (TPSA) is 73.3 Å². The first-order chi connectivity index (χ1) is 12.4. The molecule has 1 N–H and O–H groups in total. The van der Waals surface area contributed by atoms with Crippen LogP contribution in [0.2, 0.25) is 0 Å². The van der Waals surface area contributed by atoms with Crippen molar-refractivity contribution in [3.05, 3.63) is 0 Å². The molecule has 0 aromatic rings. The Balaban J connectivity index is 1.48. The Hall–Kier alpha value is -1.22. The molecule has 0 aromatic heterocycles. The summed E-state index contributed by atoms with van der Waals surface area (Å²) in [5, 5.41) is 8.74. The molecule has 3 aliphatic rings. The molecule has 0 aliphatic carbocycles. The van der Waals surface area contributed by atoms with Crippen LogP contribution in [0.25, 0.3) is 0 Å². The number of piperidine rings is 1. The van der Waals surface area contributed by atoms with Crippen molar-refractivity contribution < 1.29 is 23.9 Å². The van der Waals surface area contributed by atoms with Gasteiger partial charge in [-0.25, -0.2) is 4.48 Å². The van der Waals surface area contributed by atoms with Crippen LogP contribution in [0.15, 0.2) is 0 Å². The molecule has 3 rings (SSSR count). The number of carboxylic acids is 1. The molecular weight excluding hydrogens is 336 g/mol. The number of likely N-dealkylation sites (tertiary alicyclic amines) is 1. The Morgan fingerprint density at radius 3 is 2.46 bits per heavy atom. The van der Waals surface area contributed by atoms with Gasteiger partial charge >= 0.3 is 12.1 Å². The Labute approximate surface area is 155 Å². The zero-order chi connectivity index (χ0) is 18.7. The normalized spacial score (nSPS) is 32.7. The van der Waals surface area contributed by atoms with Crippen molar-refractivity contribution in [1.82, 2.24) is 14.7 Å². The van der Waals surface area contributed by atoms with Crippen LogP contribution in [-0.4, -0.2) is 115 Å². The number of quaternary nitrogens is 1. The molecule has 0 radical (unpaired) electrons. The minimum Gasteiger partial charge on any atom is -0.481 e. The summed E-state index contributed by atoms with van der Waals surface area (Å²) in [4.78, 5) is 30.2. The predicted molar refractivity (Wildman–Crippen MR) is 96.7 cm³/mol. The smallest absolute Gasteiger partial charge is 0.481 e. The van der Waals surface area contributed by atoms with Crippen molar-refractivity contribution in [3.63, 3.8) is 0 Å². The zero-order valence-corrected chi connectivity index (χ0v) is 16.1. The van der Waals surface area contributed by atoms with Gasteiger partial charge in [0.25, 0.3) is 0 Å². The molecule has 3 aliphatic heterocycles. The number of hydrogen-bond donors (Lipinski definition) is 1. The lowest BCUT2D eigenvalue weighted by molar-refractivity contribution is -0.852. The summed E-state index contributed by atoms with van der Waals surface area (Å²) in [6.07, 6.45) is 2.83. The molecule has 0 bridgehead atoms. The molecule has 0 spiro atoms. The van der Waals surface area contributed by atoms with E-state index in [2.05, 4.69) is 21.7 Å². The molecule has 0 saturated carbocycles. The van der Waals surface area contributed by atoms with Crippen LogP contribution in [0.3, 0.4) is 0 Å².